The van der Waals surface area contributed by atoms with Gasteiger partial charge in [0.2, 0.25) is 11.8 Å². The van der Waals surface area contributed by atoms with Gasteiger partial charge in [-0.1, -0.05) is 13.3 Å². The van der Waals surface area contributed by atoms with E-state index in [9.17, 15) is 9.59 Å². The molecule has 0 saturated heterocycles. The molecule has 1 aromatic carbocycles. The van der Waals surface area contributed by atoms with E-state index in [0.29, 0.717) is 25.1 Å². The Morgan fingerprint density at radius 3 is 2.54 bits per heavy atom. The van der Waals surface area contributed by atoms with Crippen LogP contribution in [0.5, 0.6) is 5.75 Å². The molecule has 0 unspecified atom stereocenters. The molecule has 0 aliphatic rings. The van der Waals surface area contributed by atoms with E-state index >= 15 is 0 Å². The van der Waals surface area contributed by atoms with Gasteiger partial charge in [-0.2, -0.15) is 0 Å². The van der Waals surface area contributed by atoms with Gasteiger partial charge >= 0.3 is 0 Å². The van der Waals surface area contributed by atoms with Gasteiger partial charge < -0.3 is 10.1 Å². The van der Waals surface area contributed by atoms with E-state index in [1.807, 2.05) is 6.07 Å². The fraction of sp³-hybridized carbons (Fsp3) is 0.444. The molecular weight excluding hydrogens is 532 g/mol. The number of aromatic nitrogens is 1. The van der Waals surface area contributed by atoms with E-state index in [1.54, 1.807) is 11.7 Å². The quantitative estimate of drug-likeness (QED) is 0.497. The molecule has 0 fully saturated rings. The summed E-state index contributed by atoms with van der Waals surface area (Å²) in [5, 5.41) is 3.72. The average Bonchev–Trinajstić information content (AvgIpc) is 2.85. The second-order valence-corrected chi connectivity index (χ2v) is 8.33. The van der Waals surface area contributed by atoms with Crippen LogP contribution < -0.4 is 10.1 Å². The first-order chi connectivity index (χ1) is 12.3. The number of hydrogen-bond acceptors (Lipinski definition) is 3. The third-order valence-electron chi connectivity index (χ3n) is 4.09. The van der Waals surface area contributed by atoms with E-state index in [-0.39, 0.29) is 11.8 Å². The Labute approximate surface area is 178 Å². The number of carbonyl (C=O) groups excluding carboxylic acids is 2. The second-order valence-electron chi connectivity index (χ2n) is 5.93. The number of unbranched alkanes of at least 4 members (excludes halogenated alkanes) is 1. The van der Waals surface area contributed by atoms with Crippen molar-refractivity contribution in [2.75, 3.05) is 13.7 Å². The molecule has 0 aliphatic carbocycles. The number of nitrogens with zero attached hydrogens (tertiary/aromatic N) is 1. The van der Waals surface area contributed by atoms with Crippen molar-refractivity contribution in [2.45, 2.75) is 39.5 Å². The highest BCUT2D eigenvalue weighted by atomic mass is 79.9. The topological polar surface area (TPSA) is 60.3 Å². The maximum atomic E-state index is 12.8. The number of nitrogens with one attached hydrogen (secondary N) is 1. The van der Waals surface area contributed by atoms with E-state index < -0.39 is 0 Å². The van der Waals surface area contributed by atoms with Gasteiger partial charge in [0.15, 0.2) is 0 Å². The highest BCUT2D eigenvalue weighted by Gasteiger charge is 2.24. The van der Waals surface area contributed by atoms with Crippen LogP contribution in [0.1, 0.15) is 43.5 Å². The smallest absolute Gasteiger partial charge is 0.231 e. The zero-order chi connectivity index (χ0) is 19.4. The summed E-state index contributed by atoms with van der Waals surface area (Å²) in [5.41, 5.74) is 1.76. The van der Waals surface area contributed by atoms with Gasteiger partial charge in [-0.05, 0) is 72.3 Å². The van der Waals surface area contributed by atoms with E-state index in [4.69, 9.17) is 4.74 Å². The number of carbonyl (C=O) groups is 2. The molecule has 0 aliphatic heterocycles. The van der Waals surface area contributed by atoms with E-state index in [1.165, 1.54) is 6.92 Å². The Kier molecular flexibility index (Phi) is 7.73. The molecule has 0 bridgehead atoms. The van der Waals surface area contributed by atoms with E-state index in [0.717, 1.165) is 42.9 Å². The average molecular weight is 553 g/mol. The summed E-state index contributed by atoms with van der Waals surface area (Å²) in [5.74, 6) is 0.630. The van der Waals surface area contributed by atoms with Gasteiger partial charge in [0, 0.05) is 25.3 Å². The van der Waals surface area contributed by atoms with Crippen molar-refractivity contribution in [1.29, 1.82) is 0 Å². The summed E-state index contributed by atoms with van der Waals surface area (Å²) in [6.07, 6.45) is 2.86. The van der Waals surface area contributed by atoms with Crippen LogP contribution in [0, 0.1) is 0 Å². The van der Waals surface area contributed by atoms with Crippen molar-refractivity contribution >= 4 is 70.5 Å². The van der Waals surface area contributed by atoms with Crippen LogP contribution in [0.15, 0.2) is 19.6 Å². The van der Waals surface area contributed by atoms with Gasteiger partial charge in [0.05, 0.1) is 26.2 Å². The number of benzene rings is 1. The van der Waals surface area contributed by atoms with Crippen LogP contribution in [0.2, 0.25) is 0 Å². The molecule has 5 nitrogen and oxygen atoms in total. The molecule has 1 N–H and O–H groups in total. The van der Waals surface area contributed by atoms with Gasteiger partial charge in [-0.25, -0.2) is 0 Å². The summed E-state index contributed by atoms with van der Waals surface area (Å²) in [6, 6.07) is 1.90. The van der Waals surface area contributed by atoms with Crippen molar-refractivity contribution in [2.24, 2.45) is 0 Å². The summed E-state index contributed by atoms with van der Waals surface area (Å²) in [6.45, 7) is 4.04. The van der Waals surface area contributed by atoms with E-state index in [2.05, 4.69) is 60.0 Å². The Bertz CT molecular complexity index is 846. The molecule has 1 amide bonds. The summed E-state index contributed by atoms with van der Waals surface area (Å²) < 4.78 is 9.46. The third kappa shape index (κ3) is 4.34. The van der Waals surface area contributed by atoms with Crippen molar-refractivity contribution < 1.29 is 14.3 Å². The Morgan fingerprint density at radius 1 is 1.27 bits per heavy atom. The predicted octanol–water partition coefficient (Wildman–Crippen LogP) is 5.45. The van der Waals surface area contributed by atoms with Crippen LogP contribution in [-0.4, -0.2) is 30.0 Å². The normalized spacial score (nSPS) is 11.0. The fourth-order valence-corrected chi connectivity index (χ4v) is 5.30. The minimum atomic E-state index is -0.0803. The Hall–Kier alpha value is -0.860. The molecule has 142 valence electrons. The summed E-state index contributed by atoms with van der Waals surface area (Å²) >= 11 is 10.8. The zero-order valence-corrected chi connectivity index (χ0v) is 19.7. The van der Waals surface area contributed by atoms with Gasteiger partial charge in [-0.3, -0.25) is 14.2 Å². The lowest BCUT2D eigenvalue weighted by Gasteiger charge is -2.10. The molecule has 0 spiro atoms. The van der Waals surface area contributed by atoms with Crippen LogP contribution in [0.3, 0.4) is 0 Å². The summed E-state index contributed by atoms with van der Waals surface area (Å²) in [4.78, 5) is 24.0. The lowest BCUT2D eigenvalue weighted by atomic mass is 10.1. The van der Waals surface area contributed by atoms with Gasteiger partial charge in [0.1, 0.15) is 5.75 Å². The first-order valence-corrected chi connectivity index (χ1v) is 10.7. The number of amides is 1. The van der Waals surface area contributed by atoms with Gasteiger partial charge in [0.25, 0.3) is 0 Å². The number of rotatable bonds is 7. The van der Waals surface area contributed by atoms with Crippen molar-refractivity contribution in [3.05, 3.63) is 25.2 Å². The Morgan fingerprint density at radius 2 is 1.96 bits per heavy atom. The molecule has 0 saturated carbocycles. The zero-order valence-electron chi connectivity index (χ0n) is 14.9. The molecular formula is C18H21Br3N2O3. The van der Waals surface area contributed by atoms with Crippen LogP contribution in [0.25, 0.3) is 10.9 Å². The van der Waals surface area contributed by atoms with Crippen LogP contribution >= 0.6 is 47.8 Å². The molecule has 0 radical (unpaired) electrons. The monoisotopic (exact) mass is 550 g/mol. The largest absolute Gasteiger partial charge is 0.494 e. The SMILES string of the molecule is CCCCC(=O)n1c(Br)c(CCNC(C)=O)c2c(Br)c(OC)c(Br)cc21. The lowest BCUT2D eigenvalue weighted by molar-refractivity contribution is -0.118. The van der Waals surface area contributed by atoms with Crippen LogP contribution in [-0.2, 0) is 11.2 Å². The molecule has 2 aromatic rings. The minimum absolute atomic E-state index is 0.0402. The lowest BCUT2D eigenvalue weighted by Crippen LogP contribution is -2.22. The first kappa shape index (κ1) is 21.4. The Balaban J connectivity index is 2.65. The van der Waals surface area contributed by atoms with Crippen LogP contribution in [0.4, 0.5) is 0 Å². The fourth-order valence-electron chi connectivity index (χ4n) is 2.86. The number of hydrogen-bond donors (Lipinski definition) is 1. The van der Waals surface area contributed by atoms with Crippen molar-refractivity contribution in [3.8, 4) is 5.75 Å². The minimum Gasteiger partial charge on any atom is -0.494 e. The molecule has 1 aromatic heterocycles. The maximum Gasteiger partial charge on any atom is 0.231 e. The highest BCUT2D eigenvalue weighted by molar-refractivity contribution is 9.11. The maximum absolute atomic E-state index is 12.8. The number of ether oxygens (including phenoxy) is 1. The number of fused-ring (bicyclic) bond motifs is 1. The highest BCUT2D eigenvalue weighted by Crippen LogP contribution is 2.44. The third-order valence-corrected chi connectivity index (χ3v) is 6.27. The molecule has 26 heavy (non-hydrogen) atoms. The van der Waals surface area contributed by atoms with Crippen molar-refractivity contribution in [1.82, 2.24) is 9.88 Å². The molecule has 0 atom stereocenters. The van der Waals surface area contributed by atoms with Gasteiger partial charge in [-0.15, -0.1) is 0 Å². The predicted molar refractivity (Wildman–Crippen MR) is 114 cm³/mol. The first-order valence-electron chi connectivity index (χ1n) is 8.35. The second kappa shape index (κ2) is 9.37. The molecule has 1 heterocycles. The number of methoxy groups -OCH3 is 1. The van der Waals surface area contributed by atoms with Crippen molar-refractivity contribution in [3.63, 3.8) is 0 Å². The molecule has 2 rings (SSSR count). The standard InChI is InChI=1S/C18H21Br3N2O3/c1-4-5-6-14(25)23-13-9-12(19)17(26-3)16(20)15(13)11(18(23)21)7-8-22-10(2)24/h9H,4-8H2,1-3H3,(H,22,24). The number of halogens is 3. The molecule has 8 heteroatoms. The summed E-state index contributed by atoms with van der Waals surface area (Å²) in [7, 11) is 1.60.